The molecule has 0 saturated heterocycles. The fourth-order valence-electron chi connectivity index (χ4n) is 2.05. The number of hydrogen-bond acceptors (Lipinski definition) is 3. The predicted octanol–water partition coefficient (Wildman–Crippen LogP) is 1.85. The highest BCUT2D eigenvalue weighted by atomic mass is 15.3. The van der Waals surface area contributed by atoms with Gasteiger partial charge in [-0.3, -0.25) is 4.68 Å². The first-order valence-electron chi connectivity index (χ1n) is 5.61. The molecular weight excluding hydrogens is 214 g/mol. The largest absolute Gasteiger partial charge is 0.313 e. The zero-order valence-corrected chi connectivity index (χ0v) is 9.83. The van der Waals surface area contributed by atoms with E-state index >= 15 is 0 Å². The van der Waals surface area contributed by atoms with Gasteiger partial charge >= 0.3 is 0 Å². The molecule has 0 unspecified atom stereocenters. The molecule has 1 aromatic carbocycles. The molecular formula is C12H13N5. The molecule has 3 rings (SSSR count). The minimum absolute atomic E-state index is 0.823. The maximum Gasteiger partial charge on any atom is 0.184 e. The van der Waals surface area contributed by atoms with E-state index < -0.39 is 0 Å². The van der Waals surface area contributed by atoms with Crippen molar-refractivity contribution in [3.8, 4) is 11.5 Å². The number of benzene rings is 1. The molecule has 0 aliphatic carbocycles. The zero-order chi connectivity index (χ0) is 11.8. The maximum absolute atomic E-state index is 4.53. The fourth-order valence-corrected chi connectivity index (χ4v) is 2.05. The van der Waals surface area contributed by atoms with Crippen LogP contribution in [-0.4, -0.2) is 24.5 Å². The van der Waals surface area contributed by atoms with Crippen molar-refractivity contribution in [2.45, 2.75) is 13.5 Å². The lowest BCUT2D eigenvalue weighted by Gasteiger charge is -1.99. The molecule has 5 nitrogen and oxygen atoms in total. The van der Waals surface area contributed by atoms with E-state index in [0.717, 1.165) is 29.0 Å². The van der Waals surface area contributed by atoms with E-state index in [1.54, 1.807) is 6.33 Å². The summed E-state index contributed by atoms with van der Waals surface area (Å²) in [5.74, 6) is 0.823. The Morgan fingerprint density at radius 1 is 1.24 bits per heavy atom. The molecule has 0 atom stereocenters. The van der Waals surface area contributed by atoms with Crippen LogP contribution in [0.15, 0.2) is 30.6 Å². The molecule has 0 saturated carbocycles. The van der Waals surface area contributed by atoms with Crippen LogP contribution in [0.2, 0.25) is 0 Å². The van der Waals surface area contributed by atoms with Gasteiger partial charge in [0, 0.05) is 19.0 Å². The van der Waals surface area contributed by atoms with Crippen molar-refractivity contribution >= 4 is 10.9 Å². The Kier molecular flexibility index (Phi) is 2.18. The van der Waals surface area contributed by atoms with Crippen molar-refractivity contribution in [1.82, 2.24) is 24.5 Å². The van der Waals surface area contributed by atoms with E-state index in [1.807, 2.05) is 28.4 Å². The van der Waals surface area contributed by atoms with Gasteiger partial charge in [-0.25, -0.2) is 0 Å². The Hall–Kier alpha value is -2.17. The summed E-state index contributed by atoms with van der Waals surface area (Å²) in [6.45, 7) is 2.91. The van der Waals surface area contributed by atoms with Crippen LogP contribution in [-0.2, 0) is 13.6 Å². The first-order chi connectivity index (χ1) is 8.31. The molecule has 2 heterocycles. The van der Waals surface area contributed by atoms with Gasteiger partial charge in [0.25, 0.3) is 0 Å². The molecule has 0 radical (unpaired) electrons. The first-order valence-corrected chi connectivity index (χ1v) is 5.61. The summed E-state index contributed by atoms with van der Waals surface area (Å²) in [7, 11) is 1.94. The van der Waals surface area contributed by atoms with Crippen LogP contribution >= 0.6 is 0 Å². The molecule has 2 aromatic heterocycles. The molecule has 0 aliphatic heterocycles. The summed E-state index contributed by atoms with van der Waals surface area (Å²) in [6, 6.07) is 8.14. The summed E-state index contributed by atoms with van der Waals surface area (Å²) >= 11 is 0. The molecule has 17 heavy (non-hydrogen) atoms. The number of hydrogen-bond donors (Lipinski definition) is 0. The smallest absolute Gasteiger partial charge is 0.184 e. The standard InChI is InChI=1S/C12H13N5/c1-3-17-8-13-14-12(17)11-9-6-4-5-7-10(9)16(2)15-11/h4-8H,3H2,1-2H3. The van der Waals surface area contributed by atoms with Crippen LogP contribution in [0.4, 0.5) is 0 Å². The first kappa shape index (κ1) is 10.0. The van der Waals surface area contributed by atoms with Gasteiger partial charge in [-0.05, 0) is 13.0 Å². The number of aryl methyl sites for hydroxylation is 2. The second-order valence-corrected chi connectivity index (χ2v) is 3.93. The average molecular weight is 227 g/mol. The predicted molar refractivity (Wildman–Crippen MR) is 65.4 cm³/mol. The molecule has 0 bridgehead atoms. The fraction of sp³-hybridized carbons (Fsp3) is 0.250. The number of fused-ring (bicyclic) bond motifs is 1. The molecule has 0 fully saturated rings. The van der Waals surface area contributed by atoms with Gasteiger partial charge in [0.2, 0.25) is 0 Å². The van der Waals surface area contributed by atoms with Crippen LogP contribution in [0.3, 0.4) is 0 Å². The summed E-state index contributed by atoms with van der Waals surface area (Å²) < 4.78 is 3.87. The van der Waals surface area contributed by atoms with Crippen molar-refractivity contribution in [1.29, 1.82) is 0 Å². The Balaban J connectivity index is 2.31. The average Bonchev–Trinajstić information content (AvgIpc) is 2.94. The lowest BCUT2D eigenvalue weighted by molar-refractivity contribution is 0.753. The van der Waals surface area contributed by atoms with E-state index in [-0.39, 0.29) is 0 Å². The van der Waals surface area contributed by atoms with Crippen molar-refractivity contribution in [3.63, 3.8) is 0 Å². The number of nitrogens with zero attached hydrogens (tertiary/aromatic N) is 5. The molecule has 0 N–H and O–H groups in total. The number of aromatic nitrogens is 5. The van der Waals surface area contributed by atoms with Crippen LogP contribution in [0.5, 0.6) is 0 Å². The van der Waals surface area contributed by atoms with Crippen molar-refractivity contribution in [2.75, 3.05) is 0 Å². The third kappa shape index (κ3) is 1.43. The van der Waals surface area contributed by atoms with Crippen LogP contribution in [0.25, 0.3) is 22.4 Å². The maximum atomic E-state index is 4.53. The second-order valence-electron chi connectivity index (χ2n) is 3.93. The van der Waals surface area contributed by atoms with E-state index in [0.29, 0.717) is 0 Å². The van der Waals surface area contributed by atoms with Gasteiger partial charge in [-0.1, -0.05) is 18.2 Å². The minimum Gasteiger partial charge on any atom is -0.313 e. The summed E-state index contributed by atoms with van der Waals surface area (Å²) in [6.07, 6.45) is 1.73. The summed E-state index contributed by atoms with van der Waals surface area (Å²) in [4.78, 5) is 0. The molecule has 5 heteroatoms. The van der Waals surface area contributed by atoms with Crippen LogP contribution < -0.4 is 0 Å². The van der Waals surface area contributed by atoms with E-state index in [2.05, 4.69) is 34.4 Å². The van der Waals surface area contributed by atoms with Gasteiger partial charge in [0.05, 0.1) is 5.52 Å². The molecule has 0 aliphatic rings. The molecule has 0 amide bonds. The lowest BCUT2D eigenvalue weighted by atomic mass is 10.2. The number of rotatable bonds is 2. The van der Waals surface area contributed by atoms with Crippen LogP contribution in [0.1, 0.15) is 6.92 Å². The number of para-hydroxylation sites is 1. The van der Waals surface area contributed by atoms with Crippen molar-refractivity contribution in [3.05, 3.63) is 30.6 Å². The minimum atomic E-state index is 0.823. The lowest BCUT2D eigenvalue weighted by Crippen LogP contribution is -1.97. The quantitative estimate of drug-likeness (QED) is 0.671. The SMILES string of the molecule is CCn1cnnc1-c1nn(C)c2ccccc12. The van der Waals surface area contributed by atoms with E-state index in [4.69, 9.17) is 0 Å². The highest BCUT2D eigenvalue weighted by molar-refractivity contribution is 5.91. The monoisotopic (exact) mass is 227 g/mol. The highest BCUT2D eigenvalue weighted by Gasteiger charge is 2.14. The second kappa shape index (κ2) is 3.69. The van der Waals surface area contributed by atoms with E-state index in [9.17, 15) is 0 Å². The van der Waals surface area contributed by atoms with Gasteiger partial charge in [-0.15, -0.1) is 10.2 Å². The normalized spacial score (nSPS) is 11.2. The summed E-state index contributed by atoms with van der Waals surface area (Å²) in [5.41, 5.74) is 2.00. The van der Waals surface area contributed by atoms with Gasteiger partial charge in [0.15, 0.2) is 5.82 Å². The Morgan fingerprint density at radius 3 is 2.88 bits per heavy atom. The van der Waals surface area contributed by atoms with Gasteiger partial charge < -0.3 is 4.57 Å². The van der Waals surface area contributed by atoms with Crippen molar-refractivity contribution < 1.29 is 0 Å². The Morgan fingerprint density at radius 2 is 2.06 bits per heavy atom. The van der Waals surface area contributed by atoms with Gasteiger partial charge in [0.1, 0.15) is 12.0 Å². The van der Waals surface area contributed by atoms with Crippen LogP contribution in [0, 0.1) is 0 Å². The summed E-state index contributed by atoms with van der Waals surface area (Å²) in [5, 5.41) is 13.8. The van der Waals surface area contributed by atoms with E-state index in [1.165, 1.54) is 0 Å². The molecule has 86 valence electrons. The zero-order valence-electron chi connectivity index (χ0n) is 9.83. The topological polar surface area (TPSA) is 48.5 Å². The third-order valence-corrected chi connectivity index (χ3v) is 2.93. The Bertz CT molecular complexity index is 664. The van der Waals surface area contributed by atoms with Gasteiger partial charge in [-0.2, -0.15) is 5.10 Å². The third-order valence-electron chi connectivity index (χ3n) is 2.93. The van der Waals surface area contributed by atoms with Crippen molar-refractivity contribution in [2.24, 2.45) is 7.05 Å². The molecule has 3 aromatic rings. The molecule has 0 spiro atoms. The highest BCUT2D eigenvalue weighted by Crippen LogP contribution is 2.25. The Labute approximate surface area is 98.7 Å².